The Balaban J connectivity index is 2.55. The van der Waals surface area contributed by atoms with Crippen LogP contribution in [0.5, 0.6) is 0 Å². The van der Waals surface area contributed by atoms with E-state index < -0.39 is 26.1 Å². The van der Waals surface area contributed by atoms with E-state index >= 15 is 0 Å². The third-order valence-electron chi connectivity index (χ3n) is 2.79. The minimum atomic E-state index is -5.44. The summed E-state index contributed by atoms with van der Waals surface area (Å²) in [6.07, 6.45) is 1.25. The molecule has 0 saturated heterocycles. The van der Waals surface area contributed by atoms with Crippen LogP contribution in [0.25, 0.3) is 11.1 Å². The summed E-state index contributed by atoms with van der Waals surface area (Å²) in [5, 5.41) is 0. The van der Waals surface area contributed by atoms with Crippen LogP contribution in [0.2, 0.25) is 0 Å². The lowest BCUT2D eigenvalue weighted by atomic mass is 10.1. The third kappa shape index (κ3) is 2.93. The van der Waals surface area contributed by atoms with Crippen LogP contribution < -0.4 is 5.73 Å². The number of carbonyl (C=O) groups excluding carboxylic acids is 1. The lowest BCUT2D eigenvalue weighted by Gasteiger charge is -2.10. The van der Waals surface area contributed by atoms with Crippen molar-refractivity contribution < 1.29 is 26.4 Å². The molecule has 0 bridgehead atoms. The average Bonchev–Trinajstić information content (AvgIpc) is 2.46. The van der Waals surface area contributed by atoms with Gasteiger partial charge >= 0.3 is 5.51 Å². The maximum Gasteiger partial charge on any atom is 0.501 e. The van der Waals surface area contributed by atoms with Crippen molar-refractivity contribution >= 4 is 15.7 Å². The highest BCUT2D eigenvalue weighted by atomic mass is 32.2. The summed E-state index contributed by atoms with van der Waals surface area (Å²) in [6.45, 7) is 0. The quantitative estimate of drug-likeness (QED) is 0.933. The molecule has 22 heavy (non-hydrogen) atoms. The molecule has 2 aromatic rings. The fourth-order valence-electron chi connectivity index (χ4n) is 1.72. The highest BCUT2D eigenvalue weighted by Crippen LogP contribution is 2.32. The van der Waals surface area contributed by atoms with E-state index in [0.717, 1.165) is 12.1 Å². The van der Waals surface area contributed by atoms with Crippen molar-refractivity contribution in [1.82, 2.24) is 4.98 Å². The number of carbonyl (C=O) groups is 1. The van der Waals surface area contributed by atoms with E-state index in [2.05, 4.69) is 4.98 Å². The van der Waals surface area contributed by atoms with Crippen molar-refractivity contribution in [2.75, 3.05) is 0 Å². The first-order valence-electron chi connectivity index (χ1n) is 5.80. The molecule has 0 aliphatic carbocycles. The SMILES string of the molecule is NC(=O)c1cc(-c2cccc(S(=O)(=O)C(F)(F)F)c2)ccn1. The summed E-state index contributed by atoms with van der Waals surface area (Å²) in [7, 11) is -5.44. The number of nitrogens with zero attached hydrogens (tertiary/aromatic N) is 1. The number of hydrogen-bond acceptors (Lipinski definition) is 4. The van der Waals surface area contributed by atoms with Gasteiger partial charge < -0.3 is 5.73 Å². The van der Waals surface area contributed by atoms with Crippen LogP contribution in [-0.4, -0.2) is 24.8 Å². The Hall–Kier alpha value is -2.42. The first-order valence-corrected chi connectivity index (χ1v) is 7.29. The number of sulfone groups is 1. The van der Waals surface area contributed by atoms with E-state index in [1.807, 2.05) is 0 Å². The number of primary amides is 1. The molecule has 0 spiro atoms. The van der Waals surface area contributed by atoms with E-state index in [-0.39, 0.29) is 11.3 Å². The second-order valence-corrected chi connectivity index (χ2v) is 6.21. The van der Waals surface area contributed by atoms with Crippen molar-refractivity contribution in [3.05, 3.63) is 48.3 Å². The molecule has 1 aromatic heterocycles. The number of benzene rings is 1. The van der Waals surface area contributed by atoms with E-state index in [1.54, 1.807) is 0 Å². The Bertz CT molecular complexity index is 832. The highest BCUT2D eigenvalue weighted by molar-refractivity contribution is 7.92. The number of halogens is 3. The molecule has 0 fully saturated rings. The molecule has 0 aliphatic rings. The number of aromatic nitrogens is 1. The zero-order chi connectivity index (χ0) is 16.5. The maximum atomic E-state index is 12.6. The Labute approximate surface area is 123 Å². The Morgan fingerprint density at radius 1 is 1.09 bits per heavy atom. The Morgan fingerprint density at radius 3 is 2.32 bits per heavy atom. The van der Waals surface area contributed by atoms with E-state index in [1.165, 1.54) is 30.5 Å². The van der Waals surface area contributed by atoms with Gasteiger partial charge in [0.1, 0.15) is 5.69 Å². The normalized spacial score (nSPS) is 12.1. The van der Waals surface area contributed by atoms with Gasteiger partial charge in [0.05, 0.1) is 4.90 Å². The van der Waals surface area contributed by atoms with Gasteiger partial charge in [-0.2, -0.15) is 13.2 Å². The highest BCUT2D eigenvalue weighted by Gasteiger charge is 2.46. The summed E-state index contributed by atoms with van der Waals surface area (Å²) in [6, 6.07) is 7.01. The summed E-state index contributed by atoms with van der Waals surface area (Å²) in [5.74, 6) is -0.805. The fraction of sp³-hybridized carbons (Fsp3) is 0.0769. The monoisotopic (exact) mass is 330 g/mol. The first kappa shape index (κ1) is 16.0. The van der Waals surface area contributed by atoms with E-state index in [0.29, 0.717) is 5.56 Å². The molecule has 1 aromatic carbocycles. The van der Waals surface area contributed by atoms with Crippen molar-refractivity contribution in [3.8, 4) is 11.1 Å². The van der Waals surface area contributed by atoms with Crippen LogP contribution in [-0.2, 0) is 9.84 Å². The predicted molar refractivity (Wildman–Crippen MR) is 71.4 cm³/mol. The zero-order valence-electron chi connectivity index (χ0n) is 10.8. The molecule has 1 amide bonds. The van der Waals surface area contributed by atoms with Crippen LogP contribution in [0.3, 0.4) is 0 Å². The number of rotatable bonds is 3. The minimum Gasteiger partial charge on any atom is -0.364 e. The molecule has 2 rings (SSSR count). The second-order valence-electron chi connectivity index (χ2n) is 4.27. The van der Waals surface area contributed by atoms with Gasteiger partial charge in [-0.25, -0.2) is 8.42 Å². The largest absolute Gasteiger partial charge is 0.501 e. The van der Waals surface area contributed by atoms with Gasteiger partial charge in [0.25, 0.3) is 15.7 Å². The molecule has 116 valence electrons. The summed E-state index contributed by atoms with van der Waals surface area (Å²) in [4.78, 5) is 13.9. The molecule has 0 aliphatic heterocycles. The molecule has 0 radical (unpaired) electrons. The predicted octanol–water partition coefficient (Wildman–Crippen LogP) is 2.14. The molecule has 2 N–H and O–H groups in total. The number of hydrogen-bond donors (Lipinski definition) is 1. The summed E-state index contributed by atoms with van der Waals surface area (Å²) in [5.41, 5.74) is 0.115. The van der Waals surface area contributed by atoms with Crippen LogP contribution in [0, 0.1) is 0 Å². The lowest BCUT2D eigenvalue weighted by Crippen LogP contribution is -2.23. The number of amides is 1. The molecular formula is C13H9F3N2O3S. The molecule has 0 saturated carbocycles. The summed E-state index contributed by atoms with van der Waals surface area (Å²) < 4.78 is 60.5. The standard InChI is InChI=1S/C13H9F3N2O3S/c14-13(15,16)22(20,21)10-3-1-2-8(6-10)9-4-5-18-11(7-9)12(17)19/h1-7H,(H2,17,19). The number of nitrogens with two attached hydrogens (primary N) is 1. The minimum absolute atomic E-state index is 0.0819. The molecule has 0 unspecified atom stereocenters. The third-order valence-corrected chi connectivity index (χ3v) is 4.28. The number of pyridine rings is 1. The Kier molecular flexibility index (Phi) is 3.92. The maximum absolute atomic E-state index is 12.6. The molecule has 1 heterocycles. The molecule has 9 heteroatoms. The van der Waals surface area contributed by atoms with Gasteiger partial charge in [0, 0.05) is 6.20 Å². The van der Waals surface area contributed by atoms with Crippen molar-refractivity contribution in [2.24, 2.45) is 5.73 Å². The van der Waals surface area contributed by atoms with E-state index in [4.69, 9.17) is 5.73 Å². The van der Waals surface area contributed by atoms with Crippen LogP contribution in [0.4, 0.5) is 13.2 Å². The number of alkyl halides is 3. The van der Waals surface area contributed by atoms with Crippen LogP contribution in [0.15, 0.2) is 47.5 Å². The molecular weight excluding hydrogens is 321 g/mol. The summed E-state index contributed by atoms with van der Waals surface area (Å²) >= 11 is 0. The van der Waals surface area contributed by atoms with Crippen molar-refractivity contribution in [3.63, 3.8) is 0 Å². The molecule has 5 nitrogen and oxygen atoms in total. The van der Waals surface area contributed by atoms with Gasteiger partial charge in [-0.15, -0.1) is 0 Å². The van der Waals surface area contributed by atoms with Gasteiger partial charge in [-0.1, -0.05) is 12.1 Å². The van der Waals surface area contributed by atoms with Crippen molar-refractivity contribution in [1.29, 1.82) is 0 Å². The smallest absolute Gasteiger partial charge is 0.364 e. The Morgan fingerprint density at radius 2 is 1.73 bits per heavy atom. The van der Waals surface area contributed by atoms with Crippen molar-refractivity contribution in [2.45, 2.75) is 10.4 Å². The van der Waals surface area contributed by atoms with Gasteiger partial charge in [0.15, 0.2) is 0 Å². The molecule has 0 atom stereocenters. The average molecular weight is 330 g/mol. The van der Waals surface area contributed by atoms with Gasteiger partial charge in [-0.3, -0.25) is 9.78 Å². The fourth-order valence-corrected chi connectivity index (χ4v) is 2.53. The van der Waals surface area contributed by atoms with Gasteiger partial charge in [-0.05, 0) is 35.4 Å². The van der Waals surface area contributed by atoms with Gasteiger partial charge in [0.2, 0.25) is 0 Å². The van der Waals surface area contributed by atoms with Crippen LogP contribution in [0.1, 0.15) is 10.5 Å². The van der Waals surface area contributed by atoms with E-state index in [9.17, 15) is 26.4 Å². The first-order chi connectivity index (χ1) is 10.1. The zero-order valence-corrected chi connectivity index (χ0v) is 11.6. The topological polar surface area (TPSA) is 90.1 Å². The second kappa shape index (κ2) is 5.41. The van der Waals surface area contributed by atoms with Crippen LogP contribution >= 0.6 is 0 Å². The lowest BCUT2D eigenvalue weighted by molar-refractivity contribution is -0.0436.